The molecule has 0 radical (unpaired) electrons. The van der Waals surface area contributed by atoms with Crippen LogP contribution >= 0.6 is 0 Å². The minimum atomic E-state index is -5.02. The van der Waals surface area contributed by atoms with Crippen molar-refractivity contribution in [2.45, 2.75) is 81.0 Å². The lowest BCUT2D eigenvalue weighted by atomic mass is 9.88. The zero-order chi connectivity index (χ0) is 51.9. The highest BCUT2D eigenvalue weighted by atomic mass is 19.4. The molecule has 26 heteroatoms. The Morgan fingerprint density at radius 3 is 2.19 bits per heavy atom. The van der Waals surface area contributed by atoms with E-state index >= 15 is 8.78 Å². The van der Waals surface area contributed by atoms with Gasteiger partial charge in [-0.3, -0.25) is 19.4 Å². The van der Waals surface area contributed by atoms with Crippen molar-refractivity contribution in [3.8, 4) is 17.0 Å². The van der Waals surface area contributed by atoms with Crippen LogP contribution in [0.4, 0.5) is 40.8 Å². The molecular formula is C44H53F8N7O11. The SMILES string of the molecule is CN(CCOCCC(=O)N(C)C[C@H](O)[C@@H](O)[C@H](O)[C@H](O)CO)CCOc1ccc(CN2C(=O)C(C(=O)Nc3ccc(C(F)(F)F)cc3-c3cc(C(F)(F)F)ncn3)=C(O)C3(CCCC3)N2C)c(F)c1F. The highest BCUT2D eigenvalue weighted by Gasteiger charge is 2.53. The van der Waals surface area contributed by atoms with E-state index in [1.54, 1.807) is 11.9 Å². The number of aromatic nitrogens is 2. The topological polar surface area (TPSA) is 242 Å². The van der Waals surface area contributed by atoms with Gasteiger partial charge in [0, 0.05) is 44.9 Å². The Bertz CT molecular complexity index is 2370. The van der Waals surface area contributed by atoms with Crippen LogP contribution in [0.5, 0.6) is 5.75 Å². The van der Waals surface area contributed by atoms with E-state index in [1.165, 1.54) is 19.1 Å². The third-order valence-electron chi connectivity index (χ3n) is 12.1. The van der Waals surface area contributed by atoms with E-state index in [-0.39, 0.29) is 57.7 Å². The second-order valence-electron chi connectivity index (χ2n) is 16.8. The summed E-state index contributed by atoms with van der Waals surface area (Å²) in [4.78, 5) is 50.2. The molecule has 7 N–H and O–H groups in total. The number of halogens is 8. The number of amides is 3. The van der Waals surface area contributed by atoms with Gasteiger partial charge in [0.05, 0.1) is 55.3 Å². The Morgan fingerprint density at radius 2 is 1.54 bits per heavy atom. The highest BCUT2D eigenvalue weighted by Crippen LogP contribution is 2.45. The summed E-state index contributed by atoms with van der Waals surface area (Å²) in [7, 11) is 4.42. The van der Waals surface area contributed by atoms with Crippen LogP contribution < -0.4 is 10.1 Å². The van der Waals surface area contributed by atoms with Crippen LogP contribution in [-0.2, 0) is 38.0 Å². The average Bonchev–Trinajstić information content (AvgIpc) is 3.82. The molecule has 1 spiro atoms. The molecule has 3 amide bonds. The number of anilines is 1. The number of nitrogens with one attached hydrogen (secondary N) is 1. The number of aliphatic hydroxyl groups is 6. The monoisotopic (exact) mass is 1010 g/mol. The van der Waals surface area contributed by atoms with Crippen molar-refractivity contribution in [3.05, 3.63) is 82.5 Å². The van der Waals surface area contributed by atoms with Gasteiger partial charge in [0.2, 0.25) is 11.7 Å². The van der Waals surface area contributed by atoms with E-state index in [1.807, 2.05) is 0 Å². The second kappa shape index (κ2) is 23.1. The molecule has 1 saturated carbocycles. The molecule has 2 aliphatic rings. The lowest BCUT2D eigenvalue weighted by Gasteiger charge is -2.48. The van der Waals surface area contributed by atoms with Gasteiger partial charge in [0.25, 0.3) is 11.8 Å². The van der Waals surface area contributed by atoms with Crippen molar-refractivity contribution in [1.29, 1.82) is 0 Å². The molecule has 1 aliphatic carbocycles. The quantitative estimate of drug-likeness (QED) is 0.0461. The van der Waals surface area contributed by atoms with E-state index in [0.717, 1.165) is 28.1 Å². The zero-order valence-electron chi connectivity index (χ0n) is 38.0. The van der Waals surface area contributed by atoms with E-state index in [4.69, 9.17) is 14.6 Å². The molecule has 3 aromatic rings. The summed E-state index contributed by atoms with van der Waals surface area (Å²) >= 11 is 0. The Labute approximate surface area is 395 Å². The largest absolute Gasteiger partial charge is 0.509 e. The standard InChI is InChI=1S/C44H53F8N7O11/c1-56(13-16-69-15-10-33(63)57(2)21-29(61)37(64)38(65)30(62)22-60)14-17-70-31-9-6-24(35(45)36(31)46)20-59-41(68)34(39(66)42(58(59)3)11-4-5-12-42)40(67)55-27-8-7-25(43(47,48)49)18-26(27)28-19-32(44(50,51)52)54-23-53-28/h6-9,18-19,23,29-30,37-38,60-62,64-66H,4-5,10-17,20-22H2,1-3H3,(H,55,67)/t29-,30+,37+,38+/m0/s1. The normalized spacial score (nSPS) is 17.3. The summed E-state index contributed by atoms with van der Waals surface area (Å²) < 4.78 is 124. The van der Waals surface area contributed by atoms with Crippen molar-refractivity contribution in [2.75, 3.05) is 72.5 Å². The number of ether oxygens (including phenoxy) is 2. The average molecular weight is 1010 g/mol. The smallest absolute Gasteiger partial charge is 0.433 e. The van der Waals surface area contributed by atoms with E-state index in [9.17, 15) is 66.3 Å². The number of carbonyl (C=O) groups is 3. The third-order valence-corrected chi connectivity index (χ3v) is 12.1. The number of rotatable bonds is 21. The molecule has 2 aromatic carbocycles. The first-order valence-electron chi connectivity index (χ1n) is 21.7. The predicted octanol–water partition coefficient (Wildman–Crippen LogP) is 3.02. The fourth-order valence-electron chi connectivity index (χ4n) is 7.89. The van der Waals surface area contributed by atoms with Gasteiger partial charge in [-0.2, -0.15) is 30.7 Å². The highest BCUT2D eigenvalue weighted by molar-refractivity contribution is 6.24. The maximum Gasteiger partial charge on any atom is 0.433 e. The maximum atomic E-state index is 15.8. The summed E-state index contributed by atoms with van der Waals surface area (Å²) in [5.74, 6) is -7.06. The van der Waals surface area contributed by atoms with Crippen molar-refractivity contribution < 1.29 is 89.6 Å². The Morgan fingerprint density at radius 1 is 0.886 bits per heavy atom. The number of carbonyl (C=O) groups excluding carboxylic acids is 3. The maximum absolute atomic E-state index is 15.8. The number of hydrogen-bond donors (Lipinski definition) is 7. The molecule has 5 rings (SSSR count). The molecule has 18 nitrogen and oxygen atoms in total. The molecule has 4 atom stereocenters. The number of nitrogens with zero attached hydrogens (tertiary/aromatic N) is 6. The molecule has 386 valence electrons. The van der Waals surface area contributed by atoms with Crippen molar-refractivity contribution in [1.82, 2.24) is 29.8 Å². The van der Waals surface area contributed by atoms with Gasteiger partial charge in [-0.25, -0.2) is 19.4 Å². The van der Waals surface area contributed by atoms with Crippen LogP contribution in [0.3, 0.4) is 0 Å². The third kappa shape index (κ3) is 12.8. The van der Waals surface area contributed by atoms with Gasteiger partial charge in [-0.05, 0) is 50.2 Å². The Kier molecular flexibility index (Phi) is 18.2. The van der Waals surface area contributed by atoms with E-state index < -0.39 is 130 Å². The van der Waals surface area contributed by atoms with Crippen LogP contribution in [0.2, 0.25) is 0 Å². The van der Waals surface area contributed by atoms with Crippen LogP contribution in [-0.4, -0.2) is 175 Å². The summed E-state index contributed by atoms with van der Waals surface area (Å²) in [5.41, 5.74) is -7.32. The van der Waals surface area contributed by atoms with E-state index in [0.29, 0.717) is 43.9 Å². The molecule has 2 heterocycles. The van der Waals surface area contributed by atoms with Crippen LogP contribution in [0.1, 0.15) is 48.9 Å². The minimum absolute atomic E-state index is 0.0211. The van der Waals surface area contributed by atoms with Crippen molar-refractivity contribution in [3.63, 3.8) is 0 Å². The molecule has 0 unspecified atom stereocenters. The van der Waals surface area contributed by atoms with Crippen molar-refractivity contribution >= 4 is 23.4 Å². The van der Waals surface area contributed by atoms with Crippen LogP contribution in [0.25, 0.3) is 11.3 Å². The fraction of sp³-hybridized carbons (Fsp3) is 0.523. The lowest BCUT2D eigenvalue weighted by molar-refractivity contribution is -0.163. The number of benzene rings is 2. The Balaban J connectivity index is 1.21. The molecule has 0 bridgehead atoms. The van der Waals surface area contributed by atoms with Gasteiger partial charge in [-0.1, -0.05) is 18.9 Å². The van der Waals surface area contributed by atoms with Crippen molar-refractivity contribution in [2.24, 2.45) is 0 Å². The Hall–Kier alpha value is -5.61. The summed E-state index contributed by atoms with van der Waals surface area (Å²) in [5, 5.41) is 64.2. The fourth-order valence-corrected chi connectivity index (χ4v) is 7.89. The molecule has 70 heavy (non-hydrogen) atoms. The van der Waals surface area contributed by atoms with E-state index in [2.05, 4.69) is 15.3 Å². The summed E-state index contributed by atoms with van der Waals surface area (Å²) in [6, 6.07) is 4.35. The van der Waals surface area contributed by atoms with Gasteiger partial charge in [0.15, 0.2) is 11.6 Å². The summed E-state index contributed by atoms with van der Waals surface area (Å²) in [6.07, 6.45) is -15.3. The molecule has 1 aliphatic heterocycles. The van der Waals surface area contributed by atoms with Gasteiger partial charge < -0.3 is 55.2 Å². The van der Waals surface area contributed by atoms with Gasteiger partial charge in [0.1, 0.15) is 54.4 Å². The minimum Gasteiger partial charge on any atom is -0.509 e. The number of aliphatic hydroxyl groups excluding tert-OH is 6. The first-order chi connectivity index (χ1) is 32.8. The number of hydrazine groups is 1. The van der Waals surface area contributed by atoms with Gasteiger partial charge >= 0.3 is 12.4 Å². The number of alkyl halides is 6. The first-order valence-corrected chi connectivity index (χ1v) is 21.7. The molecular weight excluding hydrogens is 955 g/mol. The number of hydrogen-bond acceptors (Lipinski definition) is 15. The second-order valence-corrected chi connectivity index (χ2v) is 16.8. The molecule has 1 aromatic heterocycles. The van der Waals surface area contributed by atoms with Crippen LogP contribution in [0.15, 0.2) is 54.1 Å². The van der Waals surface area contributed by atoms with Gasteiger partial charge in [-0.15, -0.1) is 0 Å². The lowest BCUT2D eigenvalue weighted by Crippen LogP contribution is -2.62. The molecule has 0 saturated heterocycles. The van der Waals surface area contributed by atoms with Crippen LogP contribution in [0, 0.1) is 11.6 Å². The predicted molar refractivity (Wildman–Crippen MR) is 229 cm³/mol. The molecule has 1 fully saturated rings. The first kappa shape index (κ1) is 55.3. The number of likely N-dealkylation sites (N-methyl/N-ethyl adjacent to an activating group) is 3. The zero-order valence-corrected chi connectivity index (χ0v) is 38.0. The summed E-state index contributed by atoms with van der Waals surface area (Å²) in [6.45, 7) is -1.42.